The van der Waals surface area contributed by atoms with Crippen molar-refractivity contribution in [3.05, 3.63) is 23.5 Å². The lowest BCUT2D eigenvalue weighted by molar-refractivity contribution is -0.122. The third-order valence-electron chi connectivity index (χ3n) is 1.70. The van der Waals surface area contributed by atoms with Gasteiger partial charge < -0.3 is 10.6 Å². The lowest BCUT2D eigenvalue weighted by Crippen LogP contribution is -2.32. The van der Waals surface area contributed by atoms with E-state index in [9.17, 15) is 19.2 Å². The molecule has 1 aliphatic carbocycles. The van der Waals surface area contributed by atoms with Gasteiger partial charge in [0.2, 0.25) is 23.4 Å². The van der Waals surface area contributed by atoms with Crippen LogP contribution in [0, 0.1) is 0 Å². The summed E-state index contributed by atoms with van der Waals surface area (Å²) in [5.74, 6) is -1.94. The van der Waals surface area contributed by atoms with Crippen molar-refractivity contribution in [3.63, 3.8) is 0 Å². The van der Waals surface area contributed by atoms with Gasteiger partial charge in [0.1, 0.15) is 0 Å². The van der Waals surface area contributed by atoms with Gasteiger partial charge in [-0.1, -0.05) is 0 Å². The van der Waals surface area contributed by atoms with Crippen LogP contribution in [-0.4, -0.2) is 23.4 Å². The molecular formula is C10H10N2O4. The molecular weight excluding hydrogens is 212 g/mol. The van der Waals surface area contributed by atoms with Crippen molar-refractivity contribution in [2.24, 2.45) is 0 Å². The maximum absolute atomic E-state index is 11.4. The molecule has 0 heterocycles. The minimum atomic E-state index is -0.529. The number of allylic oxidation sites excluding steroid dienone is 2. The molecule has 0 radical (unpaired) electrons. The minimum Gasteiger partial charge on any atom is -0.323 e. The summed E-state index contributed by atoms with van der Waals surface area (Å²) < 4.78 is 0. The quantitative estimate of drug-likeness (QED) is 0.597. The highest BCUT2D eigenvalue weighted by molar-refractivity contribution is 6.21. The Morgan fingerprint density at radius 3 is 1.44 bits per heavy atom. The average molecular weight is 222 g/mol. The molecule has 1 rings (SSSR count). The summed E-state index contributed by atoms with van der Waals surface area (Å²) in [5.41, 5.74) is -0.182. The van der Waals surface area contributed by atoms with Crippen LogP contribution in [0.15, 0.2) is 23.5 Å². The van der Waals surface area contributed by atoms with Crippen LogP contribution in [0.2, 0.25) is 0 Å². The smallest absolute Gasteiger partial charge is 0.221 e. The predicted octanol–water partition coefficient (Wildman–Crippen LogP) is -0.822. The molecule has 6 nitrogen and oxygen atoms in total. The molecule has 0 aromatic heterocycles. The Balaban J connectivity index is 2.87. The van der Waals surface area contributed by atoms with E-state index in [1.54, 1.807) is 0 Å². The van der Waals surface area contributed by atoms with Crippen LogP contribution < -0.4 is 10.6 Å². The number of carbonyl (C=O) groups is 4. The normalized spacial score (nSPS) is 15.1. The van der Waals surface area contributed by atoms with Gasteiger partial charge >= 0.3 is 0 Å². The van der Waals surface area contributed by atoms with Gasteiger partial charge in [-0.2, -0.15) is 0 Å². The molecule has 0 spiro atoms. The fourth-order valence-electron chi connectivity index (χ4n) is 1.13. The first kappa shape index (κ1) is 11.8. The predicted molar refractivity (Wildman–Crippen MR) is 53.8 cm³/mol. The zero-order chi connectivity index (χ0) is 12.3. The standard InChI is InChI=1S/C10H10N2O4/c1-5(13)11-7-3-10(16)8(4-9(7)15)12-6(2)14/h3-4H,1-2H3,(H,11,13)(H,12,14). The molecule has 0 aromatic rings. The number of rotatable bonds is 2. The SMILES string of the molecule is CC(=O)NC1=CC(=O)C(NC(C)=O)=CC1=O. The first-order valence-corrected chi connectivity index (χ1v) is 4.47. The highest BCUT2D eigenvalue weighted by atomic mass is 16.2. The molecule has 2 N–H and O–H groups in total. The zero-order valence-corrected chi connectivity index (χ0v) is 8.79. The van der Waals surface area contributed by atoms with Gasteiger partial charge in [-0.3, -0.25) is 19.2 Å². The number of nitrogens with one attached hydrogen (secondary N) is 2. The Morgan fingerprint density at radius 1 is 0.875 bits per heavy atom. The summed E-state index contributed by atoms with van der Waals surface area (Å²) in [5, 5.41) is 4.46. The minimum absolute atomic E-state index is 0.0911. The number of amides is 2. The fraction of sp³-hybridized carbons (Fsp3) is 0.200. The Bertz CT molecular complexity index is 404. The summed E-state index contributed by atoms with van der Waals surface area (Å²) in [7, 11) is 0. The molecule has 16 heavy (non-hydrogen) atoms. The van der Waals surface area contributed by atoms with Crippen LogP contribution >= 0.6 is 0 Å². The zero-order valence-electron chi connectivity index (χ0n) is 8.79. The van der Waals surface area contributed by atoms with Crippen LogP contribution in [0.1, 0.15) is 13.8 Å². The number of ketones is 2. The van der Waals surface area contributed by atoms with Crippen LogP contribution in [0.3, 0.4) is 0 Å². The number of hydrogen-bond acceptors (Lipinski definition) is 4. The fourth-order valence-corrected chi connectivity index (χ4v) is 1.13. The van der Waals surface area contributed by atoms with Crippen molar-refractivity contribution < 1.29 is 19.2 Å². The lowest BCUT2D eigenvalue weighted by Gasteiger charge is -2.12. The molecule has 2 amide bonds. The van der Waals surface area contributed by atoms with E-state index in [-0.39, 0.29) is 11.4 Å². The van der Waals surface area contributed by atoms with E-state index < -0.39 is 23.4 Å². The summed E-state index contributed by atoms with van der Waals surface area (Å²) in [4.78, 5) is 44.2. The maximum atomic E-state index is 11.4. The van der Waals surface area contributed by atoms with E-state index in [1.165, 1.54) is 13.8 Å². The Labute approximate surface area is 91.4 Å². The van der Waals surface area contributed by atoms with Gasteiger partial charge in [0.15, 0.2) is 0 Å². The van der Waals surface area contributed by atoms with Crippen LogP contribution in [0.25, 0.3) is 0 Å². The summed E-state index contributed by atoms with van der Waals surface area (Å²) in [6, 6.07) is 0. The van der Waals surface area contributed by atoms with Crippen molar-refractivity contribution in [1.82, 2.24) is 10.6 Å². The second kappa shape index (κ2) is 4.52. The first-order valence-electron chi connectivity index (χ1n) is 4.47. The summed E-state index contributed by atoms with van der Waals surface area (Å²) >= 11 is 0. The lowest BCUT2D eigenvalue weighted by atomic mass is 10.1. The van der Waals surface area contributed by atoms with Crippen molar-refractivity contribution in [1.29, 1.82) is 0 Å². The monoisotopic (exact) mass is 222 g/mol. The molecule has 0 saturated heterocycles. The molecule has 0 fully saturated rings. The van der Waals surface area contributed by atoms with E-state index in [0.29, 0.717) is 0 Å². The topological polar surface area (TPSA) is 92.3 Å². The van der Waals surface area contributed by atoms with Crippen molar-refractivity contribution in [2.45, 2.75) is 13.8 Å². The summed E-state index contributed by atoms with van der Waals surface area (Å²) in [6.07, 6.45) is 1.96. The van der Waals surface area contributed by atoms with Crippen LogP contribution in [0.5, 0.6) is 0 Å². The Hall–Kier alpha value is -2.24. The molecule has 0 bridgehead atoms. The van der Waals surface area contributed by atoms with Gasteiger partial charge in [0.25, 0.3) is 0 Å². The van der Waals surface area contributed by atoms with Gasteiger partial charge in [0, 0.05) is 26.0 Å². The molecule has 1 aliphatic rings. The highest BCUT2D eigenvalue weighted by Crippen LogP contribution is 2.07. The molecule has 0 aliphatic heterocycles. The number of hydrogen-bond donors (Lipinski definition) is 2. The Kier molecular flexibility index (Phi) is 3.34. The van der Waals surface area contributed by atoms with Gasteiger partial charge in [-0.25, -0.2) is 0 Å². The largest absolute Gasteiger partial charge is 0.323 e. The molecule has 0 atom stereocenters. The van der Waals surface area contributed by atoms with E-state index in [4.69, 9.17) is 0 Å². The van der Waals surface area contributed by atoms with Crippen LogP contribution in [-0.2, 0) is 19.2 Å². The van der Waals surface area contributed by atoms with Crippen LogP contribution in [0.4, 0.5) is 0 Å². The molecule has 84 valence electrons. The van der Waals surface area contributed by atoms with Crippen molar-refractivity contribution >= 4 is 23.4 Å². The van der Waals surface area contributed by atoms with Gasteiger partial charge in [0.05, 0.1) is 11.4 Å². The second-order valence-electron chi connectivity index (χ2n) is 3.21. The molecule has 0 saturated carbocycles. The van der Waals surface area contributed by atoms with Crippen molar-refractivity contribution in [2.75, 3.05) is 0 Å². The van der Waals surface area contributed by atoms with Gasteiger partial charge in [-0.05, 0) is 0 Å². The average Bonchev–Trinajstić information content (AvgIpc) is 2.11. The van der Waals surface area contributed by atoms with Gasteiger partial charge in [-0.15, -0.1) is 0 Å². The van der Waals surface area contributed by atoms with E-state index in [2.05, 4.69) is 10.6 Å². The third-order valence-corrected chi connectivity index (χ3v) is 1.70. The molecule has 0 aromatic carbocycles. The van der Waals surface area contributed by atoms with Crippen molar-refractivity contribution in [3.8, 4) is 0 Å². The Morgan fingerprint density at radius 2 is 1.19 bits per heavy atom. The maximum Gasteiger partial charge on any atom is 0.221 e. The van der Waals surface area contributed by atoms with E-state index >= 15 is 0 Å². The van der Waals surface area contributed by atoms with E-state index in [1.807, 2.05) is 0 Å². The number of carbonyl (C=O) groups excluding carboxylic acids is 4. The molecule has 0 unspecified atom stereocenters. The highest BCUT2D eigenvalue weighted by Gasteiger charge is 2.21. The third kappa shape index (κ3) is 2.88. The second-order valence-corrected chi connectivity index (χ2v) is 3.21. The molecule has 6 heteroatoms. The van der Waals surface area contributed by atoms with E-state index in [0.717, 1.165) is 12.2 Å². The summed E-state index contributed by atoms with van der Waals surface area (Å²) in [6.45, 7) is 2.46. The first-order chi connectivity index (χ1) is 7.40.